The van der Waals surface area contributed by atoms with Crippen molar-refractivity contribution in [1.29, 1.82) is 0 Å². The summed E-state index contributed by atoms with van der Waals surface area (Å²) in [5.74, 6) is 0. The Bertz CT molecular complexity index is 251. The van der Waals surface area contributed by atoms with E-state index in [0.29, 0.717) is 6.04 Å². The quantitative estimate of drug-likeness (QED) is 0.701. The molecule has 0 bridgehead atoms. The van der Waals surface area contributed by atoms with Crippen molar-refractivity contribution in [1.82, 2.24) is 5.32 Å². The topological polar surface area (TPSA) is 12.0 Å². The highest BCUT2D eigenvalue weighted by atomic mass is 32.1. The molecule has 0 saturated carbocycles. The van der Waals surface area contributed by atoms with Gasteiger partial charge >= 0.3 is 0 Å². The van der Waals surface area contributed by atoms with Crippen molar-refractivity contribution in [2.75, 3.05) is 6.54 Å². The summed E-state index contributed by atoms with van der Waals surface area (Å²) in [5, 5.41) is 5.56. The van der Waals surface area contributed by atoms with Crippen LogP contribution in [0.25, 0.3) is 0 Å². The highest BCUT2D eigenvalue weighted by Crippen LogP contribution is 2.13. The van der Waals surface area contributed by atoms with Gasteiger partial charge in [-0.1, -0.05) is 18.2 Å². The number of hydrogen-bond acceptors (Lipinski definition) is 2. The average molecular weight is 179 g/mol. The van der Waals surface area contributed by atoms with Crippen LogP contribution < -0.4 is 5.32 Å². The molecule has 0 amide bonds. The van der Waals surface area contributed by atoms with Crippen LogP contribution >= 0.6 is 11.3 Å². The molecule has 1 atom stereocenters. The lowest BCUT2D eigenvalue weighted by atomic mass is 10.1. The second kappa shape index (κ2) is 3.87. The Hall–Kier alpha value is -0.600. The van der Waals surface area contributed by atoms with Gasteiger partial charge in [0.15, 0.2) is 0 Å². The smallest absolute Gasteiger partial charge is 0.0256 e. The molecule has 2 heteroatoms. The number of aryl methyl sites for hydroxylation is 1. The molecule has 0 radical (unpaired) electrons. The zero-order valence-corrected chi connectivity index (χ0v) is 7.81. The second-order valence-electron chi connectivity index (χ2n) is 3.06. The fourth-order valence-corrected chi connectivity index (χ4v) is 2.20. The maximum Gasteiger partial charge on any atom is 0.0256 e. The predicted molar refractivity (Wildman–Crippen MR) is 53.6 cm³/mol. The van der Waals surface area contributed by atoms with E-state index in [2.05, 4.69) is 35.0 Å². The molecule has 0 aromatic carbocycles. The maximum absolute atomic E-state index is 3.41. The number of rotatable bonds is 3. The first-order valence-electron chi connectivity index (χ1n) is 4.37. The summed E-state index contributed by atoms with van der Waals surface area (Å²) in [6.45, 7) is 1.05. The Balaban J connectivity index is 1.78. The zero-order valence-electron chi connectivity index (χ0n) is 6.99. The largest absolute Gasteiger partial charge is 0.307 e. The summed E-state index contributed by atoms with van der Waals surface area (Å²) in [6.07, 6.45) is 6.92. The molecular weight excluding hydrogens is 166 g/mol. The minimum absolute atomic E-state index is 0.618. The summed E-state index contributed by atoms with van der Waals surface area (Å²) in [6, 6.07) is 4.95. The van der Waals surface area contributed by atoms with Crippen molar-refractivity contribution in [2.45, 2.75) is 18.9 Å². The van der Waals surface area contributed by atoms with E-state index in [1.165, 1.54) is 17.7 Å². The van der Waals surface area contributed by atoms with Gasteiger partial charge < -0.3 is 5.32 Å². The molecule has 1 aliphatic rings. The summed E-state index contributed by atoms with van der Waals surface area (Å²) >= 11 is 1.85. The van der Waals surface area contributed by atoms with E-state index in [1.54, 1.807) is 0 Å². The van der Waals surface area contributed by atoms with Gasteiger partial charge in [-0.15, -0.1) is 11.3 Å². The molecule has 0 aliphatic carbocycles. The molecule has 1 aliphatic heterocycles. The SMILES string of the molecule is C1=CC(CCc2cccs2)NC1. The molecule has 0 spiro atoms. The van der Waals surface area contributed by atoms with E-state index in [4.69, 9.17) is 0 Å². The van der Waals surface area contributed by atoms with Crippen LogP contribution in [0, 0.1) is 0 Å². The third-order valence-electron chi connectivity index (χ3n) is 2.15. The van der Waals surface area contributed by atoms with Crippen LogP contribution in [0.1, 0.15) is 11.3 Å². The van der Waals surface area contributed by atoms with Gasteiger partial charge in [-0.05, 0) is 24.3 Å². The van der Waals surface area contributed by atoms with Gasteiger partial charge in [0.1, 0.15) is 0 Å². The maximum atomic E-state index is 3.41. The van der Waals surface area contributed by atoms with E-state index in [9.17, 15) is 0 Å². The molecule has 1 N–H and O–H groups in total. The first kappa shape index (κ1) is 8.02. The highest BCUT2D eigenvalue weighted by Gasteiger charge is 2.07. The molecule has 64 valence electrons. The van der Waals surface area contributed by atoms with Gasteiger partial charge in [-0.2, -0.15) is 0 Å². The van der Waals surface area contributed by atoms with Crippen LogP contribution in [0.3, 0.4) is 0 Å². The van der Waals surface area contributed by atoms with Crippen molar-refractivity contribution in [3.8, 4) is 0 Å². The molecule has 0 saturated heterocycles. The summed E-state index contributed by atoms with van der Waals surface area (Å²) in [7, 11) is 0. The van der Waals surface area contributed by atoms with E-state index in [-0.39, 0.29) is 0 Å². The summed E-state index contributed by atoms with van der Waals surface area (Å²) in [5.41, 5.74) is 0. The van der Waals surface area contributed by atoms with Crippen LogP contribution in [0.2, 0.25) is 0 Å². The molecule has 1 aromatic heterocycles. The van der Waals surface area contributed by atoms with E-state index < -0.39 is 0 Å². The molecule has 1 nitrogen and oxygen atoms in total. The van der Waals surface area contributed by atoms with Gasteiger partial charge in [0.05, 0.1) is 0 Å². The van der Waals surface area contributed by atoms with E-state index in [0.717, 1.165) is 6.54 Å². The lowest BCUT2D eigenvalue weighted by Gasteiger charge is -2.06. The number of thiophene rings is 1. The minimum atomic E-state index is 0.618. The molecule has 2 heterocycles. The monoisotopic (exact) mass is 179 g/mol. The van der Waals surface area contributed by atoms with Gasteiger partial charge in [0, 0.05) is 17.5 Å². The molecule has 1 aromatic rings. The third kappa shape index (κ3) is 1.96. The Morgan fingerprint density at radius 1 is 1.58 bits per heavy atom. The second-order valence-corrected chi connectivity index (χ2v) is 4.09. The first-order valence-corrected chi connectivity index (χ1v) is 5.25. The van der Waals surface area contributed by atoms with Crippen LogP contribution in [-0.2, 0) is 6.42 Å². The minimum Gasteiger partial charge on any atom is -0.307 e. The molecule has 1 unspecified atom stereocenters. The van der Waals surface area contributed by atoms with Crippen molar-refractivity contribution in [3.63, 3.8) is 0 Å². The third-order valence-corrected chi connectivity index (χ3v) is 3.08. The van der Waals surface area contributed by atoms with Gasteiger partial charge in [0.2, 0.25) is 0 Å². The molecular formula is C10H13NS. The molecule has 0 fully saturated rings. The van der Waals surface area contributed by atoms with Crippen molar-refractivity contribution >= 4 is 11.3 Å². The number of hydrogen-bond donors (Lipinski definition) is 1. The fourth-order valence-electron chi connectivity index (χ4n) is 1.47. The Kier molecular flexibility index (Phi) is 2.59. The Morgan fingerprint density at radius 2 is 2.58 bits per heavy atom. The Labute approximate surface area is 77.1 Å². The van der Waals surface area contributed by atoms with Crippen LogP contribution in [-0.4, -0.2) is 12.6 Å². The van der Waals surface area contributed by atoms with Gasteiger partial charge in [0.25, 0.3) is 0 Å². The zero-order chi connectivity index (χ0) is 8.23. The predicted octanol–water partition coefficient (Wildman–Crippen LogP) is 2.21. The lowest BCUT2D eigenvalue weighted by molar-refractivity contribution is 0.619. The normalized spacial score (nSPS) is 21.8. The highest BCUT2D eigenvalue weighted by molar-refractivity contribution is 7.09. The van der Waals surface area contributed by atoms with Crippen LogP contribution in [0.4, 0.5) is 0 Å². The summed E-state index contributed by atoms with van der Waals surface area (Å²) in [4.78, 5) is 1.50. The van der Waals surface area contributed by atoms with Crippen LogP contribution in [0.15, 0.2) is 29.7 Å². The van der Waals surface area contributed by atoms with E-state index >= 15 is 0 Å². The van der Waals surface area contributed by atoms with Gasteiger partial charge in [-0.3, -0.25) is 0 Å². The fraction of sp³-hybridized carbons (Fsp3) is 0.400. The summed E-state index contributed by atoms with van der Waals surface area (Å²) < 4.78 is 0. The lowest BCUT2D eigenvalue weighted by Crippen LogP contribution is -2.22. The molecule has 12 heavy (non-hydrogen) atoms. The Morgan fingerprint density at radius 3 is 3.25 bits per heavy atom. The van der Waals surface area contributed by atoms with Gasteiger partial charge in [-0.25, -0.2) is 0 Å². The average Bonchev–Trinajstić information content (AvgIpc) is 2.74. The first-order chi connectivity index (χ1) is 5.95. The van der Waals surface area contributed by atoms with Crippen molar-refractivity contribution in [3.05, 3.63) is 34.5 Å². The van der Waals surface area contributed by atoms with Crippen molar-refractivity contribution < 1.29 is 0 Å². The van der Waals surface area contributed by atoms with E-state index in [1.807, 2.05) is 11.3 Å². The molecule has 2 rings (SSSR count). The van der Waals surface area contributed by atoms with Crippen LogP contribution in [0.5, 0.6) is 0 Å². The standard InChI is InChI=1S/C10H13NS/c1-3-9(11-7-1)5-6-10-4-2-8-12-10/h1-4,8-9,11H,5-7H2. The number of nitrogens with one attached hydrogen (secondary N) is 1. The van der Waals surface area contributed by atoms with Crippen molar-refractivity contribution in [2.24, 2.45) is 0 Å².